The van der Waals surface area contributed by atoms with Gasteiger partial charge in [-0.2, -0.15) is 0 Å². The largest absolute Gasteiger partial charge is 0.457 e. The van der Waals surface area contributed by atoms with E-state index in [4.69, 9.17) is 16.3 Å². The number of halogens is 2. The second-order valence-corrected chi connectivity index (χ2v) is 4.10. The highest BCUT2D eigenvalue weighted by molar-refractivity contribution is 6.30. The summed E-state index contributed by atoms with van der Waals surface area (Å²) in [5.74, 6) is 0.888. The molecule has 3 heteroatoms. The average molecular weight is 251 g/mol. The van der Waals surface area contributed by atoms with Crippen molar-refractivity contribution in [1.82, 2.24) is 0 Å². The van der Waals surface area contributed by atoms with Crippen LogP contribution in [0.1, 0.15) is 12.5 Å². The SMILES string of the molecule is CCc1ccc(Oc2ccc(Cl)cc2)cc1F. The average Bonchev–Trinajstić information content (AvgIpc) is 2.32. The van der Waals surface area contributed by atoms with Gasteiger partial charge in [-0.05, 0) is 42.3 Å². The molecule has 0 aliphatic carbocycles. The predicted octanol–water partition coefficient (Wildman–Crippen LogP) is 4.83. The second kappa shape index (κ2) is 5.19. The molecule has 0 amide bonds. The maximum Gasteiger partial charge on any atom is 0.130 e. The lowest BCUT2D eigenvalue weighted by atomic mass is 10.1. The van der Waals surface area contributed by atoms with Crippen LogP contribution in [-0.2, 0) is 6.42 Å². The first-order chi connectivity index (χ1) is 8.19. The Balaban J connectivity index is 2.19. The predicted molar refractivity (Wildman–Crippen MR) is 67.3 cm³/mol. The first-order valence-electron chi connectivity index (χ1n) is 5.41. The molecule has 0 aliphatic heterocycles. The van der Waals surface area contributed by atoms with Crippen molar-refractivity contribution in [1.29, 1.82) is 0 Å². The van der Waals surface area contributed by atoms with Crippen molar-refractivity contribution in [3.05, 3.63) is 58.9 Å². The minimum absolute atomic E-state index is 0.237. The molecule has 0 fully saturated rings. The van der Waals surface area contributed by atoms with E-state index in [1.807, 2.05) is 6.92 Å². The van der Waals surface area contributed by atoms with Crippen LogP contribution in [0.2, 0.25) is 5.02 Å². The van der Waals surface area contributed by atoms with Crippen molar-refractivity contribution >= 4 is 11.6 Å². The van der Waals surface area contributed by atoms with E-state index in [0.717, 1.165) is 0 Å². The van der Waals surface area contributed by atoms with Crippen molar-refractivity contribution in [2.75, 3.05) is 0 Å². The number of ether oxygens (including phenoxy) is 1. The lowest BCUT2D eigenvalue weighted by molar-refractivity contribution is 0.475. The Labute approximate surface area is 105 Å². The third kappa shape index (κ3) is 2.98. The number of aryl methyl sites for hydroxylation is 1. The van der Waals surface area contributed by atoms with Crippen molar-refractivity contribution < 1.29 is 9.13 Å². The molecule has 2 rings (SSSR count). The maximum absolute atomic E-state index is 13.5. The van der Waals surface area contributed by atoms with Crippen LogP contribution in [0.5, 0.6) is 11.5 Å². The summed E-state index contributed by atoms with van der Waals surface area (Å²) in [4.78, 5) is 0. The second-order valence-electron chi connectivity index (χ2n) is 3.66. The first-order valence-corrected chi connectivity index (χ1v) is 5.78. The lowest BCUT2D eigenvalue weighted by Gasteiger charge is -2.07. The van der Waals surface area contributed by atoms with Gasteiger partial charge in [0.05, 0.1) is 0 Å². The molecule has 0 saturated heterocycles. The van der Waals surface area contributed by atoms with Gasteiger partial charge in [0.2, 0.25) is 0 Å². The summed E-state index contributed by atoms with van der Waals surface area (Å²) < 4.78 is 19.0. The highest BCUT2D eigenvalue weighted by Gasteiger charge is 2.03. The van der Waals surface area contributed by atoms with Gasteiger partial charge in [0.1, 0.15) is 17.3 Å². The summed E-state index contributed by atoms with van der Waals surface area (Å²) >= 11 is 5.76. The van der Waals surface area contributed by atoms with Crippen LogP contribution in [0.25, 0.3) is 0 Å². The van der Waals surface area contributed by atoms with E-state index in [9.17, 15) is 4.39 Å². The molecule has 0 radical (unpaired) electrons. The van der Waals surface area contributed by atoms with Crippen molar-refractivity contribution in [3.63, 3.8) is 0 Å². The van der Waals surface area contributed by atoms with Crippen LogP contribution in [-0.4, -0.2) is 0 Å². The highest BCUT2D eigenvalue weighted by Crippen LogP contribution is 2.24. The van der Waals surface area contributed by atoms with Gasteiger partial charge in [-0.1, -0.05) is 24.6 Å². The fourth-order valence-electron chi connectivity index (χ4n) is 1.52. The Bertz CT molecular complexity index is 508. The molecule has 0 aromatic heterocycles. The topological polar surface area (TPSA) is 9.23 Å². The number of rotatable bonds is 3. The van der Waals surface area contributed by atoms with Crippen LogP contribution < -0.4 is 4.74 Å². The van der Waals surface area contributed by atoms with E-state index in [2.05, 4.69) is 0 Å². The summed E-state index contributed by atoms with van der Waals surface area (Å²) in [5.41, 5.74) is 0.688. The van der Waals surface area contributed by atoms with E-state index in [-0.39, 0.29) is 5.82 Å². The molecule has 88 valence electrons. The lowest BCUT2D eigenvalue weighted by Crippen LogP contribution is -1.90. The molecule has 0 atom stereocenters. The molecule has 0 unspecified atom stereocenters. The van der Waals surface area contributed by atoms with Crippen LogP contribution in [0.15, 0.2) is 42.5 Å². The smallest absolute Gasteiger partial charge is 0.130 e. The molecule has 0 bridgehead atoms. The zero-order valence-corrected chi connectivity index (χ0v) is 10.2. The van der Waals surface area contributed by atoms with E-state index < -0.39 is 0 Å². The van der Waals surface area contributed by atoms with Crippen LogP contribution in [0.3, 0.4) is 0 Å². The highest BCUT2D eigenvalue weighted by atomic mass is 35.5. The Kier molecular flexibility index (Phi) is 3.64. The Morgan fingerprint density at radius 2 is 1.71 bits per heavy atom. The third-order valence-electron chi connectivity index (χ3n) is 2.45. The summed E-state index contributed by atoms with van der Waals surface area (Å²) in [6, 6.07) is 11.8. The minimum Gasteiger partial charge on any atom is -0.457 e. The van der Waals surface area contributed by atoms with E-state index in [1.54, 1.807) is 36.4 Å². The monoisotopic (exact) mass is 250 g/mol. The number of hydrogen-bond acceptors (Lipinski definition) is 1. The van der Waals surface area contributed by atoms with Gasteiger partial charge in [-0.15, -0.1) is 0 Å². The van der Waals surface area contributed by atoms with E-state index in [1.165, 1.54) is 6.07 Å². The standard InChI is InChI=1S/C14H12ClFO/c1-2-10-3-6-13(9-14(10)16)17-12-7-4-11(15)5-8-12/h3-9H,2H2,1H3. The Morgan fingerprint density at radius 3 is 2.29 bits per heavy atom. The van der Waals surface area contributed by atoms with Crippen molar-refractivity contribution in [2.24, 2.45) is 0 Å². The van der Waals surface area contributed by atoms with E-state index in [0.29, 0.717) is 28.5 Å². The quantitative estimate of drug-likeness (QED) is 0.758. The summed E-state index contributed by atoms with van der Waals surface area (Å²) in [5, 5.41) is 0.643. The van der Waals surface area contributed by atoms with Gasteiger partial charge in [-0.3, -0.25) is 0 Å². The zero-order valence-electron chi connectivity index (χ0n) is 9.41. The third-order valence-corrected chi connectivity index (χ3v) is 2.71. The van der Waals surface area contributed by atoms with Crippen molar-refractivity contribution in [3.8, 4) is 11.5 Å². The fraction of sp³-hybridized carbons (Fsp3) is 0.143. The molecule has 1 nitrogen and oxygen atoms in total. The van der Waals surface area contributed by atoms with Gasteiger partial charge >= 0.3 is 0 Å². The molecule has 2 aromatic carbocycles. The normalized spacial score (nSPS) is 10.3. The summed E-state index contributed by atoms with van der Waals surface area (Å²) in [6.45, 7) is 1.91. The van der Waals surface area contributed by atoms with E-state index >= 15 is 0 Å². The molecular formula is C14H12ClFO. The fourth-order valence-corrected chi connectivity index (χ4v) is 1.64. The van der Waals surface area contributed by atoms with Crippen LogP contribution in [0.4, 0.5) is 4.39 Å². The molecule has 0 N–H and O–H groups in total. The summed E-state index contributed by atoms with van der Waals surface area (Å²) in [6.07, 6.45) is 0.674. The molecule has 2 aromatic rings. The van der Waals surface area contributed by atoms with Gasteiger partial charge < -0.3 is 4.74 Å². The minimum atomic E-state index is -0.237. The zero-order chi connectivity index (χ0) is 12.3. The maximum atomic E-state index is 13.5. The van der Waals surface area contributed by atoms with Gasteiger partial charge in [0, 0.05) is 11.1 Å². The van der Waals surface area contributed by atoms with Gasteiger partial charge in [0.15, 0.2) is 0 Å². The van der Waals surface area contributed by atoms with Crippen LogP contribution >= 0.6 is 11.6 Å². The molecule has 0 spiro atoms. The molecule has 0 heterocycles. The Morgan fingerprint density at radius 1 is 1.06 bits per heavy atom. The molecular weight excluding hydrogens is 239 g/mol. The van der Waals surface area contributed by atoms with Crippen molar-refractivity contribution in [2.45, 2.75) is 13.3 Å². The molecule has 0 aliphatic rings. The molecule has 17 heavy (non-hydrogen) atoms. The van der Waals surface area contributed by atoms with Gasteiger partial charge in [-0.25, -0.2) is 4.39 Å². The Hall–Kier alpha value is -1.54. The van der Waals surface area contributed by atoms with Gasteiger partial charge in [0.25, 0.3) is 0 Å². The molecule has 0 saturated carbocycles. The number of benzene rings is 2. The first kappa shape index (κ1) is 11.9. The summed E-state index contributed by atoms with van der Waals surface area (Å²) in [7, 11) is 0. The van der Waals surface area contributed by atoms with Crippen LogP contribution in [0, 0.1) is 5.82 Å². The number of hydrogen-bond donors (Lipinski definition) is 0.